The van der Waals surface area contributed by atoms with Crippen molar-refractivity contribution >= 4 is 17.7 Å². The van der Waals surface area contributed by atoms with Crippen molar-refractivity contribution in [2.75, 3.05) is 24.6 Å². The zero-order valence-corrected chi connectivity index (χ0v) is 11.7. The normalized spacial score (nSPS) is 22.5. The molecule has 1 fully saturated rings. The van der Waals surface area contributed by atoms with Gasteiger partial charge >= 0.3 is 0 Å². The summed E-state index contributed by atoms with van der Waals surface area (Å²) in [6.45, 7) is 5.83. The molecule has 0 aromatic heterocycles. The topological polar surface area (TPSA) is 67.1 Å². The Hall–Kier alpha value is -0.260. The van der Waals surface area contributed by atoms with Crippen molar-refractivity contribution in [2.24, 2.45) is 11.7 Å². The maximum Gasteiger partial charge on any atom is 0.221 e. The Bertz CT molecular complexity index is 230. The van der Waals surface area contributed by atoms with Gasteiger partial charge in [0, 0.05) is 43.1 Å². The van der Waals surface area contributed by atoms with Gasteiger partial charge in [-0.15, -0.1) is 0 Å². The number of nitrogens with one attached hydrogen (secondary N) is 2. The van der Waals surface area contributed by atoms with Gasteiger partial charge in [-0.1, -0.05) is 13.8 Å². The molecule has 17 heavy (non-hydrogen) atoms. The Balaban J connectivity index is 2.26. The molecule has 0 aliphatic carbocycles. The average molecular weight is 259 g/mol. The summed E-state index contributed by atoms with van der Waals surface area (Å²) in [7, 11) is 0. The minimum Gasteiger partial charge on any atom is -0.352 e. The molecule has 1 saturated heterocycles. The monoisotopic (exact) mass is 259 g/mol. The van der Waals surface area contributed by atoms with Gasteiger partial charge in [0.25, 0.3) is 0 Å². The Morgan fingerprint density at radius 2 is 2.35 bits per heavy atom. The largest absolute Gasteiger partial charge is 0.352 e. The first-order valence-corrected chi connectivity index (χ1v) is 7.57. The second-order valence-electron chi connectivity index (χ2n) is 5.06. The lowest BCUT2D eigenvalue weighted by atomic mass is 10.0. The van der Waals surface area contributed by atoms with Crippen molar-refractivity contribution in [1.82, 2.24) is 10.6 Å². The van der Waals surface area contributed by atoms with Gasteiger partial charge in [-0.05, 0) is 12.3 Å². The molecule has 4 N–H and O–H groups in total. The van der Waals surface area contributed by atoms with Crippen LogP contribution in [0.25, 0.3) is 0 Å². The highest BCUT2D eigenvalue weighted by Gasteiger charge is 2.18. The van der Waals surface area contributed by atoms with Crippen molar-refractivity contribution in [2.45, 2.75) is 38.8 Å². The number of carbonyl (C=O) groups is 1. The molecule has 1 rings (SSSR count). The number of rotatable bonds is 6. The average Bonchev–Trinajstić information content (AvgIpc) is 2.28. The molecular formula is C12H25N3OS. The van der Waals surface area contributed by atoms with Crippen LogP contribution >= 0.6 is 11.8 Å². The highest BCUT2D eigenvalue weighted by molar-refractivity contribution is 7.99. The standard InChI is InChI=1S/C12H25N3OS/c1-9(2)5-10(7-13)15-12(16)6-11-8-17-4-3-14-11/h9-11,14H,3-8,13H2,1-2H3,(H,15,16). The number of amides is 1. The van der Waals surface area contributed by atoms with E-state index in [1.165, 1.54) is 0 Å². The van der Waals surface area contributed by atoms with E-state index < -0.39 is 0 Å². The van der Waals surface area contributed by atoms with E-state index in [4.69, 9.17) is 5.73 Å². The van der Waals surface area contributed by atoms with Crippen LogP contribution in [0.1, 0.15) is 26.7 Å². The van der Waals surface area contributed by atoms with Crippen LogP contribution in [-0.2, 0) is 4.79 Å². The summed E-state index contributed by atoms with van der Waals surface area (Å²) in [5.41, 5.74) is 5.67. The first kappa shape index (κ1) is 14.8. The van der Waals surface area contributed by atoms with Crippen molar-refractivity contribution in [3.63, 3.8) is 0 Å². The van der Waals surface area contributed by atoms with Gasteiger partial charge in [0.1, 0.15) is 0 Å². The highest BCUT2D eigenvalue weighted by Crippen LogP contribution is 2.10. The maximum absolute atomic E-state index is 11.8. The first-order valence-electron chi connectivity index (χ1n) is 6.42. The van der Waals surface area contributed by atoms with E-state index >= 15 is 0 Å². The van der Waals surface area contributed by atoms with Gasteiger partial charge in [0.2, 0.25) is 5.91 Å². The summed E-state index contributed by atoms with van der Waals surface area (Å²) in [4.78, 5) is 11.8. The molecular weight excluding hydrogens is 234 g/mol. The second kappa shape index (κ2) is 7.95. The van der Waals surface area contributed by atoms with Crippen molar-refractivity contribution < 1.29 is 4.79 Å². The van der Waals surface area contributed by atoms with Gasteiger partial charge in [0.05, 0.1) is 0 Å². The fraction of sp³-hybridized carbons (Fsp3) is 0.917. The predicted molar refractivity (Wildman–Crippen MR) is 74.2 cm³/mol. The lowest BCUT2D eigenvalue weighted by molar-refractivity contribution is -0.122. The molecule has 1 amide bonds. The number of hydrogen-bond donors (Lipinski definition) is 3. The number of thioether (sulfide) groups is 1. The summed E-state index contributed by atoms with van der Waals surface area (Å²) < 4.78 is 0. The third kappa shape index (κ3) is 6.29. The molecule has 4 nitrogen and oxygen atoms in total. The number of nitrogens with two attached hydrogens (primary N) is 1. The minimum atomic E-state index is 0.124. The first-order chi connectivity index (χ1) is 8.11. The second-order valence-corrected chi connectivity index (χ2v) is 6.21. The fourth-order valence-electron chi connectivity index (χ4n) is 2.04. The van der Waals surface area contributed by atoms with E-state index in [1.54, 1.807) is 0 Å². The van der Waals surface area contributed by atoms with E-state index in [9.17, 15) is 4.79 Å². The number of hydrogen-bond acceptors (Lipinski definition) is 4. The maximum atomic E-state index is 11.8. The summed E-state index contributed by atoms with van der Waals surface area (Å²) >= 11 is 1.91. The molecule has 1 aliphatic rings. The van der Waals surface area contributed by atoms with Crippen LogP contribution in [0.5, 0.6) is 0 Å². The van der Waals surface area contributed by atoms with Crippen molar-refractivity contribution in [1.29, 1.82) is 0 Å². The van der Waals surface area contributed by atoms with E-state index in [0.717, 1.165) is 24.5 Å². The van der Waals surface area contributed by atoms with Crippen LogP contribution in [0, 0.1) is 5.92 Å². The molecule has 0 aromatic carbocycles. The summed E-state index contributed by atoms with van der Waals surface area (Å²) in [5.74, 6) is 2.87. The molecule has 0 saturated carbocycles. The smallest absolute Gasteiger partial charge is 0.221 e. The van der Waals surface area contributed by atoms with Gasteiger partial charge in [-0.2, -0.15) is 11.8 Å². The molecule has 0 bridgehead atoms. The van der Waals surface area contributed by atoms with E-state index in [2.05, 4.69) is 24.5 Å². The quantitative estimate of drug-likeness (QED) is 0.652. The zero-order chi connectivity index (χ0) is 12.7. The lowest BCUT2D eigenvalue weighted by Gasteiger charge is -2.24. The fourth-order valence-corrected chi connectivity index (χ4v) is 2.99. The molecule has 0 radical (unpaired) electrons. The van der Waals surface area contributed by atoms with Gasteiger partial charge in [-0.3, -0.25) is 4.79 Å². The van der Waals surface area contributed by atoms with Crippen LogP contribution in [0.2, 0.25) is 0 Å². The van der Waals surface area contributed by atoms with Gasteiger partial charge in [0.15, 0.2) is 0 Å². The minimum absolute atomic E-state index is 0.124. The molecule has 1 aliphatic heterocycles. The van der Waals surface area contributed by atoms with Crippen LogP contribution in [0.3, 0.4) is 0 Å². The third-order valence-electron chi connectivity index (χ3n) is 2.84. The van der Waals surface area contributed by atoms with Crippen molar-refractivity contribution in [3.05, 3.63) is 0 Å². The van der Waals surface area contributed by atoms with E-state index in [-0.39, 0.29) is 11.9 Å². The zero-order valence-electron chi connectivity index (χ0n) is 10.9. The Kier molecular flexibility index (Phi) is 6.92. The molecule has 2 unspecified atom stereocenters. The summed E-state index contributed by atoms with van der Waals surface area (Å²) in [5, 5.41) is 6.40. The third-order valence-corrected chi connectivity index (χ3v) is 3.97. The Morgan fingerprint density at radius 1 is 1.59 bits per heavy atom. The Labute approximate surface area is 108 Å². The molecule has 0 aromatic rings. The molecule has 0 spiro atoms. The van der Waals surface area contributed by atoms with Crippen LogP contribution in [-0.4, -0.2) is 42.6 Å². The van der Waals surface area contributed by atoms with E-state index in [1.807, 2.05) is 11.8 Å². The Morgan fingerprint density at radius 3 is 2.88 bits per heavy atom. The van der Waals surface area contributed by atoms with Gasteiger partial charge in [-0.25, -0.2) is 0 Å². The lowest BCUT2D eigenvalue weighted by Crippen LogP contribution is -2.45. The summed E-state index contributed by atoms with van der Waals surface area (Å²) in [6.07, 6.45) is 1.52. The van der Waals surface area contributed by atoms with E-state index in [0.29, 0.717) is 24.9 Å². The predicted octanol–water partition coefficient (Wildman–Crippen LogP) is 0.571. The SMILES string of the molecule is CC(C)CC(CN)NC(=O)CC1CSCCN1. The molecule has 2 atom stereocenters. The van der Waals surface area contributed by atoms with Gasteiger partial charge < -0.3 is 16.4 Å². The van der Waals surface area contributed by atoms with Crippen LogP contribution < -0.4 is 16.4 Å². The molecule has 1 heterocycles. The summed E-state index contributed by atoms with van der Waals surface area (Å²) in [6, 6.07) is 0.449. The number of carbonyl (C=O) groups excluding carboxylic acids is 1. The molecule has 5 heteroatoms. The van der Waals surface area contributed by atoms with Crippen molar-refractivity contribution in [3.8, 4) is 0 Å². The molecule has 100 valence electrons. The highest BCUT2D eigenvalue weighted by atomic mass is 32.2. The van der Waals surface area contributed by atoms with Crippen LogP contribution in [0.4, 0.5) is 0 Å². The van der Waals surface area contributed by atoms with Crippen LogP contribution in [0.15, 0.2) is 0 Å².